The lowest BCUT2D eigenvalue weighted by Gasteiger charge is -2.13. The van der Waals surface area contributed by atoms with Crippen molar-refractivity contribution in [2.24, 2.45) is 5.10 Å². The van der Waals surface area contributed by atoms with Crippen LogP contribution in [0.15, 0.2) is 73.4 Å². The minimum Gasteiger partial charge on any atom is -0.493 e. The molecule has 0 radical (unpaired) electrons. The molecule has 0 unspecified atom stereocenters. The van der Waals surface area contributed by atoms with Gasteiger partial charge in [0.2, 0.25) is 0 Å². The monoisotopic (exact) mass is 597 g/mol. The van der Waals surface area contributed by atoms with E-state index in [4.69, 9.17) is 9.47 Å². The maximum absolute atomic E-state index is 13.2. The fraction of sp³-hybridized carbons (Fsp3) is 0.222. The maximum atomic E-state index is 13.2. The Labute approximate surface area is 220 Å². The third-order valence-corrected chi connectivity index (χ3v) is 6.64. The van der Waals surface area contributed by atoms with E-state index in [2.05, 4.69) is 61.0 Å². The molecule has 8 heteroatoms. The van der Waals surface area contributed by atoms with E-state index in [1.54, 1.807) is 19.4 Å². The van der Waals surface area contributed by atoms with E-state index in [9.17, 15) is 4.79 Å². The number of halogens is 2. The first-order valence-corrected chi connectivity index (χ1v) is 12.8. The molecule has 35 heavy (non-hydrogen) atoms. The highest BCUT2D eigenvalue weighted by atomic mass is 79.9. The van der Waals surface area contributed by atoms with Gasteiger partial charge in [0.25, 0.3) is 5.56 Å². The Morgan fingerprint density at radius 1 is 1.06 bits per heavy atom. The number of aromatic nitrogens is 2. The molecule has 0 saturated carbocycles. The summed E-state index contributed by atoms with van der Waals surface area (Å²) in [6, 6.07) is 17.4. The number of ether oxygens (including phenoxy) is 2. The van der Waals surface area contributed by atoms with Gasteiger partial charge in [-0.1, -0.05) is 52.7 Å². The number of nitrogens with zero attached hydrogens (tertiary/aromatic N) is 3. The van der Waals surface area contributed by atoms with Crippen molar-refractivity contribution in [2.75, 3.05) is 7.11 Å². The number of aryl methyl sites for hydroxylation is 2. The van der Waals surface area contributed by atoms with Crippen LogP contribution >= 0.6 is 31.9 Å². The summed E-state index contributed by atoms with van der Waals surface area (Å²) in [6.07, 6.45) is 3.10. The lowest BCUT2D eigenvalue weighted by Crippen LogP contribution is -2.22. The van der Waals surface area contributed by atoms with Crippen LogP contribution in [-0.4, -0.2) is 23.0 Å². The third kappa shape index (κ3) is 5.82. The van der Waals surface area contributed by atoms with Crippen molar-refractivity contribution < 1.29 is 9.47 Å². The topological polar surface area (TPSA) is 65.7 Å². The second kappa shape index (κ2) is 11.2. The van der Waals surface area contributed by atoms with Gasteiger partial charge in [0, 0.05) is 20.9 Å². The molecule has 0 aliphatic carbocycles. The Bertz CT molecular complexity index is 1450. The van der Waals surface area contributed by atoms with Crippen molar-refractivity contribution in [3.63, 3.8) is 0 Å². The molecule has 4 aromatic rings. The quantitative estimate of drug-likeness (QED) is 0.213. The molecule has 0 aliphatic rings. The van der Waals surface area contributed by atoms with Crippen LogP contribution in [0.3, 0.4) is 0 Å². The zero-order valence-electron chi connectivity index (χ0n) is 19.7. The second-order valence-corrected chi connectivity index (χ2v) is 9.87. The number of methoxy groups -OCH3 is 1. The predicted molar refractivity (Wildman–Crippen MR) is 147 cm³/mol. The molecular formula is C27H25Br2N3O3. The number of fused-ring (bicyclic) bond motifs is 1. The van der Waals surface area contributed by atoms with Gasteiger partial charge < -0.3 is 9.47 Å². The first-order valence-electron chi connectivity index (χ1n) is 11.2. The first-order chi connectivity index (χ1) is 16.9. The fourth-order valence-electron chi connectivity index (χ4n) is 3.59. The predicted octanol–water partition coefficient (Wildman–Crippen LogP) is 6.65. The van der Waals surface area contributed by atoms with E-state index in [1.807, 2.05) is 43.3 Å². The third-order valence-electron chi connectivity index (χ3n) is 5.46. The van der Waals surface area contributed by atoms with Crippen LogP contribution in [0, 0.1) is 6.92 Å². The molecule has 0 fully saturated rings. The SMILES string of the molecule is CCCc1nc2ccc(Br)cc2c(=O)n1N=Cc1cc(OC)c(OCc2ccc(C)cc2)cc1Br. The molecule has 0 spiro atoms. The molecule has 0 N–H and O–H groups in total. The van der Waals surface area contributed by atoms with Crippen LogP contribution in [0.2, 0.25) is 0 Å². The van der Waals surface area contributed by atoms with Crippen LogP contribution in [0.1, 0.15) is 35.9 Å². The summed E-state index contributed by atoms with van der Waals surface area (Å²) in [6.45, 7) is 4.52. The maximum Gasteiger partial charge on any atom is 0.282 e. The smallest absolute Gasteiger partial charge is 0.282 e. The molecule has 3 aromatic carbocycles. The van der Waals surface area contributed by atoms with Gasteiger partial charge in [-0.15, -0.1) is 0 Å². The molecular weight excluding hydrogens is 574 g/mol. The summed E-state index contributed by atoms with van der Waals surface area (Å²) >= 11 is 7.03. The van der Waals surface area contributed by atoms with E-state index in [-0.39, 0.29) is 5.56 Å². The summed E-state index contributed by atoms with van der Waals surface area (Å²) in [5, 5.41) is 5.02. The second-order valence-electron chi connectivity index (χ2n) is 8.10. The zero-order chi connectivity index (χ0) is 24.9. The van der Waals surface area contributed by atoms with Crippen molar-refractivity contribution in [3.8, 4) is 11.5 Å². The Balaban J connectivity index is 1.67. The van der Waals surface area contributed by atoms with Gasteiger partial charge in [0.1, 0.15) is 12.4 Å². The van der Waals surface area contributed by atoms with Crippen LogP contribution in [0.4, 0.5) is 0 Å². The molecule has 0 amide bonds. The van der Waals surface area contributed by atoms with Gasteiger partial charge >= 0.3 is 0 Å². The Hall–Kier alpha value is -2.97. The van der Waals surface area contributed by atoms with E-state index >= 15 is 0 Å². The van der Waals surface area contributed by atoms with Crippen LogP contribution in [-0.2, 0) is 13.0 Å². The standard InChI is InChI=1S/C27H25Br2N3O3/c1-4-5-26-31-23-11-10-20(28)13-21(23)27(33)32(26)30-15-19-12-24(34-3)25(14-22(19)29)35-16-18-8-6-17(2)7-9-18/h6-15H,4-5,16H2,1-3H3. The van der Waals surface area contributed by atoms with Crippen molar-refractivity contribution in [2.45, 2.75) is 33.3 Å². The van der Waals surface area contributed by atoms with Crippen molar-refractivity contribution in [3.05, 3.63) is 96.4 Å². The van der Waals surface area contributed by atoms with E-state index in [0.29, 0.717) is 41.3 Å². The van der Waals surface area contributed by atoms with Gasteiger partial charge in [-0.3, -0.25) is 4.79 Å². The van der Waals surface area contributed by atoms with Gasteiger partial charge in [-0.05, 0) is 65.2 Å². The summed E-state index contributed by atoms with van der Waals surface area (Å²) in [5.74, 6) is 1.80. The molecule has 6 nitrogen and oxygen atoms in total. The van der Waals surface area contributed by atoms with Crippen LogP contribution in [0.5, 0.6) is 11.5 Å². The summed E-state index contributed by atoms with van der Waals surface area (Å²) in [5.41, 5.74) is 3.46. The number of hydrogen-bond donors (Lipinski definition) is 0. The Morgan fingerprint density at radius 3 is 2.54 bits per heavy atom. The first kappa shape index (κ1) is 25.1. The minimum atomic E-state index is -0.211. The number of rotatable bonds is 8. The van der Waals surface area contributed by atoms with Gasteiger partial charge in [-0.25, -0.2) is 4.98 Å². The summed E-state index contributed by atoms with van der Waals surface area (Å²) < 4.78 is 14.5. The van der Waals surface area contributed by atoms with Crippen LogP contribution in [0.25, 0.3) is 10.9 Å². The van der Waals surface area contributed by atoms with Crippen molar-refractivity contribution in [1.29, 1.82) is 0 Å². The molecule has 4 rings (SSSR count). The number of hydrogen-bond acceptors (Lipinski definition) is 5. The fourth-order valence-corrected chi connectivity index (χ4v) is 4.37. The molecule has 0 aliphatic heterocycles. The van der Waals surface area contributed by atoms with Crippen LogP contribution < -0.4 is 15.0 Å². The average molecular weight is 599 g/mol. The van der Waals surface area contributed by atoms with E-state index in [1.165, 1.54) is 10.2 Å². The zero-order valence-corrected chi connectivity index (χ0v) is 22.9. The largest absolute Gasteiger partial charge is 0.493 e. The van der Waals surface area contributed by atoms with Gasteiger partial charge in [0.15, 0.2) is 11.5 Å². The Morgan fingerprint density at radius 2 is 1.83 bits per heavy atom. The minimum absolute atomic E-state index is 0.211. The lowest BCUT2D eigenvalue weighted by atomic mass is 10.2. The molecule has 0 atom stereocenters. The average Bonchev–Trinajstić information content (AvgIpc) is 2.85. The molecule has 0 bridgehead atoms. The highest BCUT2D eigenvalue weighted by molar-refractivity contribution is 9.10. The van der Waals surface area contributed by atoms with E-state index in [0.717, 1.165) is 26.5 Å². The van der Waals surface area contributed by atoms with Crippen molar-refractivity contribution in [1.82, 2.24) is 9.66 Å². The normalized spacial score (nSPS) is 11.3. The molecule has 180 valence electrons. The highest BCUT2D eigenvalue weighted by Crippen LogP contribution is 2.33. The molecule has 1 heterocycles. The van der Waals surface area contributed by atoms with E-state index < -0.39 is 0 Å². The highest BCUT2D eigenvalue weighted by Gasteiger charge is 2.13. The summed E-state index contributed by atoms with van der Waals surface area (Å²) in [7, 11) is 1.60. The molecule has 1 aromatic heterocycles. The summed E-state index contributed by atoms with van der Waals surface area (Å²) in [4.78, 5) is 17.9. The van der Waals surface area contributed by atoms with Gasteiger partial charge in [0.05, 0.1) is 24.2 Å². The Kier molecular flexibility index (Phi) is 8.03. The lowest BCUT2D eigenvalue weighted by molar-refractivity contribution is 0.284. The van der Waals surface area contributed by atoms with Gasteiger partial charge in [-0.2, -0.15) is 9.78 Å². The molecule has 0 saturated heterocycles. The van der Waals surface area contributed by atoms with Crippen molar-refractivity contribution >= 4 is 49.0 Å². The number of benzene rings is 3.